The van der Waals surface area contributed by atoms with Gasteiger partial charge in [-0.2, -0.15) is 0 Å². The summed E-state index contributed by atoms with van der Waals surface area (Å²) in [6.07, 6.45) is 4.31. The average molecular weight is 336 g/mol. The zero-order valence-electron chi connectivity index (χ0n) is 15.1. The molecule has 25 heavy (non-hydrogen) atoms. The van der Waals surface area contributed by atoms with Gasteiger partial charge in [0.2, 0.25) is 5.91 Å². The summed E-state index contributed by atoms with van der Waals surface area (Å²) in [5.41, 5.74) is 7.09. The number of aryl methyl sites for hydroxylation is 2. The second-order valence-electron chi connectivity index (χ2n) is 7.30. The molecule has 0 atom stereocenters. The van der Waals surface area contributed by atoms with Gasteiger partial charge in [0.1, 0.15) is 0 Å². The van der Waals surface area contributed by atoms with E-state index in [0.29, 0.717) is 18.9 Å². The van der Waals surface area contributed by atoms with Crippen molar-refractivity contribution in [3.05, 3.63) is 52.6 Å². The number of aromatic nitrogens is 2. The Labute approximate surface area is 148 Å². The van der Waals surface area contributed by atoms with Crippen LogP contribution in [-0.2, 0) is 17.9 Å². The number of fused-ring (bicyclic) bond motifs is 1. The Morgan fingerprint density at radius 3 is 2.64 bits per heavy atom. The molecule has 5 heteroatoms. The van der Waals surface area contributed by atoms with Crippen molar-refractivity contribution in [2.24, 2.45) is 5.92 Å². The first kappa shape index (κ1) is 16.1. The second-order valence-corrected chi connectivity index (χ2v) is 7.30. The molecule has 0 spiro atoms. The highest BCUT2D eigenvalue weighted by Gasteiger charge is 2.33. The van der Waals surface area contributed by atoms with Crippen LogP contribution in [0.1, 0.15) is 34.5 Å². The largest absolute Gasteiger partial charge is 0.370 e. The van der Waals surface area contributed by atoms with Gasteiger partial charge < -0.3 is 9.80 Å². The zero-order chi connectivity index (χ0) is 17.6. The highest BCUT2D eigenvalue weighted by Crippen LogP contribution is 2.31. The van der Waals surface area contributed by atoms with E-state index < -0.39 is 0 Å². The van der Waals surface area contributed by atoms with Crippen LogP contribution in [0.5, 0.6) is 0 Å². The van der Waals surface area contributed by atoms with Crippen LogP contribution < -0.4 is 4.90 Å². The standard InChI is InChI=1S/C20H24N4O/c1-13-14(2)22-15(3)19-12-24(11-18(13)19)20(25)7-16-9-23(10-16)17-5-4-6-21-8-17/h4-6,8,16H,7,9-12H2,1-3H3. The number of amides is 1. The number of pyridine rings is 2. The molecule has 2 aliphatic rings. The van der Waals surface area contributed by atoms with E-state index in [4.69, 9.17) is 0 Å². The van der Waals surface area contributed by atoms with Gasteiger partial charge in [-0.15, -0.1) is 0 Å². The van der Waals surface area contributed by atoms with Crippen LogP contribution in [0.25, 0.3) is 0 Å². The summed E-state index contributed by atoms with van der Waals surface area (Å²) in [6.45, 7) is 9.56. The molecular formula is C20H24N4O. The fraction of sp³-hybridized carbons (Fsp3) is 0.450. The third-order valence-electron chi connectivity index (χ3n) is 5.61. The van der Waals surface area contributed by atoms with Gasteiger partial charge in [-0.1, -0.05) is 0 Å². The van der Waals surface area contributed by atoms with Crippen molar-refractivity contribution < 1.29 is 4.79 Å². The zero-order valence-corrected chi connectivity index (χ0v) is 15.1. The predicted octanol–water partition coefficient (Wildman–Crippen LogP) is 2.77. The molecule has 130 valence electrons. The number of hydrogen-bond donors (Lipinski definition) is 0. The van der Waals surface area contributed by atoms with Crippen molar-refractivity contribution >= 4 is 11.6 Å². The number of carbonyl (C=O) groups is 1. The van der Waals surface area contributed by atoms with E-state index in [0.717, 1.165) is 36.7 Å². The van der Waals surface area contributed by atoms with Crippen molar-refractivity contribution in [2.75, 3.05) is 18.0 Å². The fourth-order valence-corrected chi connectivity index (χ4v) is 3.93. The first-order valence-corrected chi connectivity index (χ1v) is 8.91. The Bertz CT molecular complexity index is 812. The first-order chi connectivity index (χ1) is 12.0. The van der Waals surface area contributed by atoms with Crippen LogP contribution in [-0.4, -0.2) is 33.9 Å². The summed E-state index contributed by atoms with van der Waals surface area (Å²) in [6, 6.07) is 4.03. The molecular weight excluding hydrogens is 312 g/mol. The molecule has 0 N–H and O–H groups in total. The summed E-state index contributed by atoms with van der Waals surface area (Å²) in [5.74, 6) is 0.710. The molecule has 4 rings (SSSR count). The maximum atomic E-state index is 12.7. The summed E-state index contributed by atoms with van der Waals surface area (Å²) in [4.78, 5) is 25.8. The normalized spacial score (nSPS) is 16.8. The second kappa shape index (κ2) is 6.14. The third-order valence-corrected chi connectivity index (χ3v) is 5.61. The molecule has 1 amide bonds. The SMILES string of the molecule is Cc1nc(C)c2c(c1C)CN(C(=O)CC1CN(c3cccnc3)C1)C2. The van der Waals surface area contributed by atoms with Gasteiger partial charge in [0.05, 0.1) is 11.9 Å². The van der Waals surface area contributed by atoms with E-state index in [9.17, 15) is 4.79 Å². The van der Waals surface area contributed by atoms with Crippen LogP contribution in [0.15, 0.2) is 24.5 Å². The van der Waals surface area contributed by atoms with E-state index in [2.05, 4.69) is 41.7 Å². The quantitative estimate of drug-likeness (QED) is 0.865. The van der Waals surface area contributed by atoms with Crippen LogP contribution in [0, 0.1) is 26.7 Å². The van der Waals surface area contributed by atoms with Crippen LogP contribution in [0.2, 0.25) is 0 Å². The number of hydrogen-bond acceptors (Lipinski definition) is 4. The van der Waals surface area contributed by atoms with E-state index in [1.807, 2.05) is 17.2 Å². The van der Waals surface area contributed by atoms with Gasteiger partial charge in [0.25, 0.3) is 0 Å². The number of nitrogens with zero attached hydrogens (tertiary/aromatic N) is 4. The molecule has 2 aliphatic heterocycles. The monoisotopic (exact) mass is 336 g/mol. The van der Waals surface area contributed by atoms with Gasteiger partial charge in [0, 0.05) is 56.1 Å². The Kier molecular flexibility index (Phi) is 3.94. The molecule has 2 aromatic rings. The fourth-order valence-electron chi connectivity index (χ4n) is 3.93. The summed E-state index contributed by atoms with van der Waals surface area (Å²) in [5, 5.41) is 0. The van der Waals surface area contributed by atoms with Crippen LogP contribution >= 0.6 is 0 Å². The van der Waals surface area contributed by atoms with Gasteiger partial charge >= 0.3 is 0 Å². The van der Waals surface area contributed by atoms with Crippen LogP contribution in [0.3, 0.4) is 0 Å². The summed E-state index contributed by atoms with van der Waals surface area (Å²) >= 11 is 0. The molecule has 0 bridgehead atoms. The van der Waals surface area contributed by atoms with Gasteiger partial charge in [-0.05, 0) is 49.6 Å². The number of rotatable bonds is 3. The van der Waals surface area contributed by atoms with E-state index in [1.54, 1.807) is 6.20 Å². The summed E-state index contributed by atoms with van der Waals surface area (Å²) in [7, 11) is 0. The number of anilines is 1. The molecule has 5 nitrogen and oxygen atoms in total. The van der Waals surface area contributed by atoms with E-state index >= 15 is 0 Å². The molecule has 1 fully saturated rings. The minimum atomic E-state index is 0.267. The highest BCUT2D eigenvalue weighted by atomic mass is 16.2. The minimum Gasteiger partial charge on any atom is -0.370 e. The Balaban J connectivity index is 1.36. The average Bonchev–Trinajstić information content (AvgIpc) is 3.02. The summed E-state index contributed by atoms with van der Waals surface area (Å²) < 4.78 is 0. The lowest BCUT2D eigenvalue weighted by Gasteiger charge is -2.41. The lowest BCUT2D eigenvalue weighted by atomic mass is 9.95. The molecule has 0 radical (unpaired) electrons. The Morgan fingerprint density at radius 2 is 1.92 bits per heavy atom. The van der Waals surface area contributed by atoms with E-state index in [1.165, 1.54) is 16.7 Å². The maximum absolute atomic E-state index is 12.7. The molecule has 0 unspecified atom stereocenters. The molecule has 4 heterocycles. The van der Waals surface area contributed by atoms with Crippen molar-refractivity contribution in [3.63, 3.8) is 0 Å². The third kappa shape index (κ3) is 2.88. The van der Waals surface area contributed by atoms with E-state index in [-0.39, 0.29) is 5.91 Å². The predicted molar refractivity (Wildman–Crippen MR) is 97.3 cm³/mol. The molecule has 2 aromatic heterocycles. The minimum absolute atomic E-state index is 0.267. The smallest absolute Gasteiger partial charge is 0.223 e. The first-order valence-electron chi connectivity index (χ1n) is 8.91. The van der Waals surface area contributed by atoms with Crippen molar-refractivity contribution in [1.82, 2.24) is 14.9 Å². The van der Waals surface area contributed by atoms with Gasteiger partial charge in [0.15, 0.2) is 0 Å². The lowest BCUT2D eigenvalue weighted by Crippen LogP contribution is -2.48. The van der Waals surface area contributed by atoms with Gasteiger partial charge in [-0.25, -0.2) is 0 Å². The van der Waals surface area contributed by atoms with Crippen molar-refractivity contribution in [3.8, 4) is 0 Å². The van der Waals surface area contributed by atoms with Gasteiger partial charge in [-0.3, -0.25) is 14.8 Å². The van der Waals surface area contributed by atoms with Crippen LogP contribution in [0.4, 0.5) is 5.69 Å². The number of carbonyl (C=O) groups excluding carboxylic acids is 1. The lowest BCUT2D eigenvalue weighted by molar-refractivity contribution is -0.133. The van der Waals surface area contributed by atoms with Crippen molar-refractivity contribution in [2.45, 2.75) is 40.3 Å². The topological polar surface area (TPSA) is 49.3 Å². The molecule has 0 aromatic carbocycles. The maximum Gasteiger partial charge on any atom is 0.223 e. The molecule has 0 aliphatic carbocycles. The molecule has 1 saturated heterocycles. The van der Waals surface area contributed by atoms with Crippen molar-refractivity contribution in [1.29, 1.82) is 0 Å². The Hall–Kier alpha value is -2.43. The highest BCUT2D eigenvalue weighted by molar-refractivity contribution is 5.78. The Morgan fingerprint density at radius 1 is 1.16 bits per heavy atom. The molecule has 0 saturated carbocycles.